The molecule has 0 aliphatic rings. The van der Waals surface area contributed by atoms with Crippen molar-refractivity contribution in [3.8, 4) is 0 Å². The Kier molecular flexibility index (Phi) is 13.2. The van der Waals surface area contributed by atoms with E-state index in [1.54, 1.807) is 0 Å². The molecule has 1 aromatic rings. The Balaban J connectivity index is 2.98. The smallest absolute Gasteiger partial charge is 0.192 e. The van der Waals surface area contributed by atoms with Crippen molar-refractivity contribution in [2.24, 2.45) is 0 Å². The molecule has 5 heteroatoms. The number of hydrogen-bond donors (Lipinski definition) is 0. The van der Waals surface area contributed by atoms with Crippen LogP contribution in [-0.4, -0.2) is 35.4 Å². The molecule has 0 aliphatic carbocycles. The molecule has 0 N–H and O–H groups in total. The molecule has 0 aliphatic heterocycles. The molecule has 178 valence electrons. The lowest BCUT2D eigenvalue weighted by Crippen LogP contribution is -2.45. The Morgan fingerprint density at radius 1 is 0.806 bits per heavy atom. The van der Waals surface area contributed by atoms with Crippen molar-refractivity contribution in [3.63, 3.8) is 0 Å². The molecule has 0 amide bonds. The predicted molar refractivity (Wildman–Crippen MR) is 140 cm³/mol. The van der Waals surface area contributed by atoms with Crippen LogP contribution in [0.4, 0.5) is 0 Å². The van der Waals surface area contributed by atoms with Crippen molar-refractivity contribution in [2.75, 3.05) is 6.61 Å². The second-order valence-corrected chi connectivity index (χ2v) is 18.4. The highest BCUT2D eigenvalue weighted by Crippen LogP contribution is 2.30. The first-order valence-electron chi connectivity index (χ1n) is 12.5. The van der Waals surface area contributed by atoms with Crippen molar-refractivity contribution >= 4 is 16.6 Å². The summed E-state index contributed by atoms with van der Waals surface area (Å²) in [7, 11) is -3.47. The van der Waals surface area contributed by atoms with Crippen LogP contribution in [0.15, 0.2) is 42.5 Å². The van der Waals surface area contributed by atoms with Crippen molar-refractivity contribution in [3.05, 3.63) is 48.0 Å². The van der Waals surface area contributed by atoms with Gasteiger partial charge in [-0.2, -0.15) is 0 Å². The number of hydrogen-bond acceptors (Lipinski definition) is 3. The molecule has 0 heterocycles. The Bertz CT molecular complexity index is 596. The molecule has 1 rings (SSSR count). The summed E-state index contributed by atoms with van der Waals surface area (Å²) in [5.41, 5.74) is 2.31. The number of rotatable bonds is 17. The predicted octanol–water partition coefficient (Wildman–Crippen LogP) is 7.95. The van der Waals surface area contributed by atoms with Gasteiger partial charge in [-0.1, -0.05) is 84.0 Å². The third kappa shape index (κ3) is 8.97. The highest BCUT2D eigenvalue weighted by molar-refractivity contribution is 6.74. The second kappa shape index (κ2) is 14.4. The summed E-state index contributed by atoms with van der Waals surface area (Å²) in [5.74, 6) is 0. The van der Waals surface area contributed by atoms with Crippen LogP contribution in [0.1, 0.15) is 60.5 Å². The Morgan fingerprint density at radius 2 is 1.29 bits per heavy atom. The van der Waals surface area contributed by atoms with Gasteiger partial charge in [0.05, 0.1) is 25.4 Å². The minimum atomic E-state index is -1.75. The first-order chi connectivity index (χ1) is 14.8. The zero-order chi connectivity index (χ0) is 23.3. The van der Waals surface area contributed by atoms with E-state index in [1.165, 1.54) is 5.56 Å². The van der Waals surface area contributed by atoms with Crippen LogP contribution < -0.4 is 0 Å². The van der Waals surface area contributed by atoms with Gasteiger partial charge in [0.25, 0.3) is 0 Å². The van der Waals surface area contributed by atoms with Gasteiger partial charge in [0.15, 0.2) is 16.6 Å². The van der Waals surface area contributed by atoms with Gasteiger partial charge in [0.2, 0.25) is 0 Å². The monoisotopic (exact) mass is 464 g/mol. The fourth-order valence-electron chi connectivity index (χ4n) is 4.28. The average Bonchev–Trinajstić information content (AvgIpc) is 2.80. The number of benzene rings is 1. The van der Waals surface area contributed by atoms with E-state index in [0.29, 0.717) is 13.2 Å². The van der Waals surface area contributed by atoms with Gasteiger partial charge in [-0.15, -0.1) is 0 Å². The van der Waals surface area contributed by atoms with Crippen LogP contribution in [-0.2, 0) is 20.2 Å². The van der Waals surface area contributed by atoms with E-state index in [-0.39, 0.29) is 12.2 Å². The third-order valence-electron chi connectivity index (χ3n) is 7.12. The maximum absolute atomic E-state index is 6.93. The van der Waals surface area contributed by atoms with Gasteiger partial charge in [-0.3, -0.25) is 0 Å². The molecular formula is C26H48O3Si2. The molecular weight excluding hydrogens is 416 g/mol. The summed E-state index contributed by atoms with van der Waals surface area (Å²) >= 11 is 0. The van der Waals surface area contributed by atoms with Crippen molar-refractivity contribution in [2.45, 2.75) is 110 Å². The van der Waals surface area contributed by atoms with Crippen LogP contribution >= 0.6 is 0 Å². The zero-order valence-electron chi connectivity index (χ0n) is 21.3. The van der Waals surface area contributed by atoms with Crippen molar-refractivity contribution in [1.82, 2.24) is 0 Å². The molecule has 0 unspecified atom stereocenters. The van der Waals surface area contributed by atoms with Gasteiger partial charge in [0, 0.05) is 6.42 Å². The van der Waals surface area contributed by atoms with Crippen LogP contribution in [0.2, 0.25) is 36.3 Å². The molecule has 3 nitrogen and oxygen atoms in total. The van der Waals surface area contributed by atoms with Crippen LogP contribution in [0.3, 0.4) is 0 Å². The van der Waals surface area contributed by atoms with E-state index >= 15 is 0 Å². The average molecular weight is 465 g/mol. The summed E-state index contributed by atoms with van der Waals surface area (Å²) in [6.45, 7) is 21.4. The molecule has 0 saturated heterocycles. The van der Waals surface area contributed by atoms with E-state index in [0.717, 1.165) is 48.3 Å². The number of ether oxygens (including phenoxy) is 1. The van der Waals surface area contributed by atoms with Crippen molar-refractivity contribution < 1.29 is 13.6 Å². The van der Waals surface area contributed by atoms with Crippen LogP contribution in [0.25, 0.3) is 0 Å². The minimum Gasteiger partial charge on any atom is -0.411 e. The topological polar surface area (TPSA) is 27.7 Å². The Labute approximate surface area is 194 Å². The van der Waals surface area contributed by atoms with Gasteiger partial charge in [0.1, 0.15) is 0 Å². The lowest BCUT2D eigenvalue weighted by molar-refractivity contribution is 0.0161. The minimum absolute atomic E-state index is 0.0501. The fraction of sp³-hybridized carbons (Fsp3) is 0.692. The Morgan fingerprint density at radius 3 is 1.74 bits per heavy atom. The zero-order valence-corrected chi connectivity index (χ0v) is 23.3. The summed E-state index contributed by atoms with van der Waals surface area (Å²) in [4.78, 5) is 0. The quantitative estimate of drug-likeness (QED) is 0.173. The molecule has 0 fully saturated rings. The highest BCUT2D eigenvalue weighted by Gasteiger charge is 2.36. The molecule has 31 heavy (non-hydrogen) atoms. The first-order valence-corrected chi connectivity index (χ1v) is 17.5. The van der Waals surface area contributed by atoms with E-state index in [9.17, 15) is 0 Å². The molecule has 0 radical (unpaired) electrons. The first kappa shape index (κ1) is 28.3. The lowest BCUT2D eigenvalue weighted by Gasteiger charge is -2.38. The van der Waals surface area contributed by atoms with E-state index in [4.69, 9.17) is 13.6 Å². The normalized spacial score (nSPS) is 14.4. The van der Waals surface area contributed by atoms with Gasteiger partial charge in [-0.05, 0) is 48.8 Å². The highest BCUT2D eigenvalue weighted by atomic mass is 28.4. The van der Waals surface area contributed by atoms with E-state index in [1.807, 2.05) is 6.07 Å². The molecule has 0 aromatic heterocycles. The maximum atomic E-state index is 6.93. The van der Waals surface area contributed by atoms with Gasteiger partial charge in [-0.25, -0.2) is 0 Å². The SMILES string of the molecule is C=C(C)[C@H](C[C@H](COCc1ccccc1)O[Si](CC)(CC)CC)O[Si](CC)(CC)CC. The molecule has 0 bridgehead atoms. The second-order valence-electron chi connectivity index (χ2n) is 8.92. The maximum Gasteiger partial charge on any atom is 0.192 e. The summed E-state index contributed by atoms with van der Waals surface area (Å²) in [5, 5.41) is 0. The largest absolute Gasteiger partial charge is 0.411 e. The Hall–Kier alpha value is -0.726. The van der Waals surface area contributed by atoms with E-state index < -0.39 is 16.6 Å². The molecule has 0 spiro atoms. The van der Waals surface area contributed by atoms with Crippen LogP contribution in [0.5, 0.6) is 0 Å². The fourth-order valence-corrected chi connectivity index (χ4v) is 10.0. The molecule has 1 aromatic carbocycles. The van der Waals surface area contributed by atoms with Crippen molar-refractivity contribution in [1.29, 1.82) is 0 Å². The van der Waals surface area contributed by atoms with Gasteiger partial charge < -0.3 is 13.6 Å². The summed E-state index contributed by atoms with van der Waals surface area (Å²) in [6, 6.07) is 17.3. The standard InChI is InChI=1S/C26H48O3Si2/c1-9-30(10-2,11-3)28-25(22-27-21-24-18-16-15-17-19-24)20-26(23(7)8)29-31(12-4,13-5)14-6/h15-19,25-26H,7,9-14,20-22H2,1-6,8H3/t25-,26+/m1/s1. The van der Waals surface area contributed by atoms with Crippen LogP contribution in [0, 0.1) is 0 Å². The summed E-state index contributed by atoms with van der Waals surface area (Å²) in [6.07, 6.45) is 0.941. The molecule has 0 saturated carbocycles. The van der Waals surface area contributed by atoms with Gasteiger partial charge >= 0.3 is 0 Å². The summed E-state index contributed by atoms with van der Waals surface area (Å²) < 4.78 is 20.0. The lowest BCUT2D eigenvalue weighted by atomic mass is 10.1. The molecule has 2 atom stereocenters. The third-order valence-corrected chi connectivity index (χ3v) is 16.5. The van der Waals surface area contributed by atoms with E-state index in [2.05, 4.69) is 79.3 Å².